The highest BCUT2D eigenvalue weighted by atomic mass is 28.4. The van der Waals surface area contributed by atoms with Gasteiger partial charge in [-0.25, -0.2) is 0 Å². The maximum atomic E-state index is 6.95. The molecule has 2 heteroatoms. The minimum absolute atomic E-state index is 0.978. The Balaban J connectivity index is 1.56. The van der Waals surface area contributed by atoms with Crippen molar-refractivity contribution in [2.75, 3.05) is 6.61 Å². The molecule has 3 rings (SSSR count). The molecule has 0 unspecified atom stereocenters. The second-order valence-corrected chi connectivity index (χ2v) is 13.3. The maximum absolute atomic E-state index is 6.95. The molecule has 23 heavy (non-hydrogen) atoms. The molecule has 0 heterocycles. The van der Waals surface area contributed by atoms with Gasteiger partial charge in [-0.2, -0.15) is 0 Å². The lowest BCUT2D eigenvalue weighted by atomic mass is 9.87. The fraction of sp³-hybridized carbons (Fsp3) is 1.00. The summed E-state index contributed by atoms with van der Waals surface area (Å²) in [5, 5.41) is 0. The van der Waals surface area contributed by atoms with Gasteiger partial charge in [0.25, 0.3) is 0 Å². The van der Waals surface area contributed by atoms with Gasteiger partial charge in [-0.15, -0.1) is 0 Å². The van der Waals surface area contributed by atoms with Gasteiger partial charge in [-0.05, 0) is 30.0 Å². The van der Waals surface area contributed by atoms with Crippen LogP contribution in [0.1, 0.15) is 103 Å². The molecule has 0 bridgehead atoms. The van der Waals surface area contributed by atoms with Crippen LogP contribution in [-0.2, 0) is 4.43 Å². The van der Waals surface area contributed by atoms with Gasteiger partial charge in [0.2, 0.25) is 0 Å². The van der Waals surface area contributed by atoms with E-state index in [0.717, 1.165) is 23.6 Å². The summed E-state index contributed by atoms with van der Waals surface area (Å²) in [7, 11) is -1.53. The zero-order valence-corrected chi connectivity index (χ0v) is 16.7. The Bertz CT molecular complexity index is 307. The largest absolute Gasteiger partial charge is 0.417 e. The van der Waals surface area contributed by atoms with Crippen molar-refractivity contribution in [1.82, 2.24) is 0 Å². The fourth-order valence-electron chi connectivity index (χ4n) is 5.84. The SMILES string of the molecule is C[Si](OCCC1CCCCC1)(C1CCCCC1)C1CCCCC1. The molecule has 0 radical (unpaired) electrons. The third-order valence-electron chi connectivity index (χ3n) is 7.50. The van der Waals surface area contributed by atoms with Gasteiger partial charge in [-0.1, -0.05) is 96.3 Å². The molecule has 0 spiro atoms. The van der Waals surface area contributed by atoms with Gasteiger partial charge >= 0.3 is 0 Å². The van der Waals surface area contributed by atoms with Crippen LogP contribution in [0.5, 0.6) is 0 Å². The fourth-order valence-corrected chi connectivity index (χ4v) is 10.6. The van der Waals surface area contributed by atoms with E-state index in [1.807, 2.05) is 0 Å². The summed E-state index contributed by atoms with van der Waals surface area (Å²) in [6.07, 6.45) is 23.6. The molecule has 0 aromatic rings. The van der Waals surface area contributed by atoms with Gasteiger partial charge in [-0.3, -0.25) is 0 Å². The molecule has 3 aliphatic carbocycles. The van der Waals surface area contributed by atoms with E-state index >= 15 is 0 Å². The molecule has 0 N–H and O–H groups in total. The first-order chi connectivity index (χ1) is 11.3. The van der Waals surface area contributed by atoms with Crippen molar-refractivity contribution >= 4 is 8.32 Å². The minimum atomic E-state index is -1.53. The van der Waals surface area contributed by atoms with Crippen molar-refractivity contribution < 1.29 is 4.43 Å². The molecule has 134 valence electrons. The highest BCUT2D eigenvalue weighted by Crippen LogP contribution is 2.48. The Morgan fingerprint density at radius 1 is 0.652 bits per heavy atom. The highest BCUT2D eigenvalue weighted by molar-refractivity contribution is 6.75. The molecule has 0 saturated heterocycles. The quantitative estimate of drug-likeness (QED) is 0.465. The third-order valence-corrected chi connectivity index (χ3v) is 12.7. The summed E-state index contributed by atoms with van der Waals surface area (Å²) in [5.74, 6) is 0.986. The van der Waals surface area contributed by atoms with Crippen LogP contribution in [0.15, 0.2) is 0 Å². The predicted octanol–water partition coefficient (Wildman–Crippen LogP) is 7.22. The van der Waals surface area contributed by atoms with Crippen LogP contribution < -0.4 is 0 Å². The summed E-state index contributed by atoms with van der Waals surface area (Å²) >= 11 is 0. The summed E-state index contributed by atoms with van der Waals surface area (Å²) in [5.41, 5.74) is 1.96. The van der Waals surface area contributed by atoms with E-state index in [1.54, 1.807) is 0 Å². The van der Waals surface area contributed by atoms with E-state index in [1.165, 1.54) is 103 Å². The standard InChI is InChI=1S/C21H40OSi/c1-23(20-13-7-3-8-14-20,21-15-9-4-10-16-21)22-18-17-19-11-5-2-6-12-19/h19-21H,2-18H2,1H3. The Kier molecular flexibility index (Phi) is 7.06. The minimum Gasteiger partial charge on any atom is -0.417 e. The van der Waals surface area contributed by atoms with Gasteiger partial charge in [0, 0.05) is 6.61 Å². The number of hydrogen-bond acceptors (Lipinski definition) is 1. The molecule has 0 aromatic carbocycles. The lowest BCUT2D eigenvalue weighted by molar-refractivity contribution is 0.218. The maximum Gasteiger partial charge on any atom is 0.195 e. The second-order valence-electron chi connectivity index (χ2n) is 8.99. The molecule has 0 amide bonds. The molecule has 3 saturated carbocycles. The zero-order chi connectivity index (χ0) is 16.0. The van der Waals surface area contributed by atoms with Crippen molar-refractivity contribution in [3.8, 4) is 0 Å². The average Bonchev–Trinajstić information content (AvgIpc) is 2.64. The van der Waals surface area contributed by atoms with Crippen LogP contribution in [0.4, 0.5) is 0 Å². The van der Waals surface area contributed by atoms with Gasteiger partial charge < -0.3 is 4.43 Å². The van der Waals surface area contributed by atoms with Crippen LogP contribution in [0.25, 0.3) is 0 Å². The molecule has 0 atom stereocenters. The Morgan fingerprint density at radius 2 is 1.09 bits per heavy atom. The van der Waals surface area contributed by atoms with E-state index in [-0.39, 0.29) is 0 Å². The Labute approximate surface area is 146 Å². The van der Waals surface area contributed by atoms with Crippen molar-refractivity contribution in [1.29, 1.82) is 0 Å². The second kappa shape index (κ2) is 9.04. The summed E-state index contributed by atoms with van der Waals surface area (Å²) < 4.78 is 6.95. The van der Waals surface area contributed by atoms with Crippen molar-refractivity contribution in [3.05, 3.63) is 0 Å². The Morgan fingerprint density at radius 3 is 1.57 bits per heavy atom. The molecule has 3 aliphatic rings. The number of hydrogen-bond donors (Lipinski definition) is 0. The van der Waals surface area contributed by atoms with Crippen LogP contribution in [0.2, 0.25) is 17.6 Å². The van der Waals surface area contributed by atoms with Gasteiger partial charge in [0.05, 0.1) is 0 Å². The lowest BCUT2D eigenvalue weighted by Crippen LogP contribution is -2.47. The van der Waals surface area contributed by atoms with Crippen molar-refractivity contribution in [2.24, 2.45) is 5.92 Å². The molecule has 3 fully saturated rings. The van der Waals surface area contributed by atoms with Crippen LogP contribution >= 0.6 is 0 Å². The topological polar surface area (TPSA) is 9.23 Å². The van der Waals surface area contributed by atoms with Gasteiger partial charge in [0.1, 0.15) is 0 Å². The summed E-state index contributed by atoms with van der Waals surface area (Å²) in [6, 6.07) is 0. The Hall–Kier alpha value is 0.177. The van der Waals surface area contributed by atoms with E-state index in [0.29, 0.717) is 0 Å². The van der Waals surface area contributed by atoms with Crippen LogP contribution in [0.3, 0.4) is 0 Å². The first-order valence-electron chi connectivity index (χ1n) is 10.9. The molecular formula is C21H40OSi. The average molecular weight is 337 g/mol. The van der Waals surface area contributed by atoms with Crippen molar-refractivity contribution in [2.45, 2.75) is 120 Å². The zero-order valence-electron chi connectivity index (χ0n) is 15.7. The van der Waals surface area contributed by atoms with E-state index in [2.05, 4.69) is 6.55 Å². The normalized spacial score (nSPS) is 26.5. The molecule has 1 nitrogen and oxygen atoms in total. The lowest BCUT2D eigenvalue weighted by Gasteiger charge is -2.45. The third kappa shape index (κ3) is 4.84. The van der Waals surface area contributed by atoms with Crippen LogP contribution in [0, 0.1) is 5.92 Å². The van der Waals surface area contributed by atoms with Crippen LogP contribution in [-0.4, -0.2) is 14.9 Å². The van der Waals surface area contributed by atoms with E-state index in [9.17, 15) is 0 Å². The smallest absolute Gasteiger partial charge is 0.195 e. The molecular weight excluding hydrogens is 296 g/mol. The van der Waals surface area contributed by atoms with E-state index in [4.69, 9.17) is 4.43 Å². The van der Waals surface area contributed by atoms with E-state index < -0.39 is 8.32 Å². The summed E-state index contributed by atoms with van der Waals surface area (Å²) in [4.78, 5) is 0. The molecule has 0 aromatic heterocycles. The highest BCUT2D eigenvalue weighted by Gasteiger charge is 2.45. The van der Waals surface area contributed by atoms with Gasteiger partial charge in [0.15, 0.2) is 8.32 Å². The first-order valence-corrected chi connectivity index (χ1v) is 13.5. The monoisotopic (exact) mass is 336 g/mol. The summed E-state index contributed by atoms with van der Waals surface area (Å²) in [6.45, 7) is 3.75. The number of rotatable bonds is 6. The predicted molar refractivity (Wildman–Crippen MR) is 102 cm³/mol. The molecule has 0 aliphatic heterocycles. The van der Waals surface area contributed by atoms with Crippen molar-refractivity contribution in [3.63, 3.8) is 0 Å². The first kappa shape index (κ1) is 18.0.